The monoisotopic (exact) mass is 195 g/mol. The van der Waals surface area contributed by atoms with Crippen LogP contribution in [0.15, 0.2) is 12.3 Å². The second-order valence-electron chi connectivity index (χ2n) is 2.96. The summed E-state index contributed by atoms with van der Waals surface area (Å²) in [6.45, 7) is 3.60. The van der Waals surface area contributed by atoms with Crippen molar-refractivity contribution in [3.63, 3.8) is 0 Å². The topological polar surface area (TPSA) is 59.4 Å². The highest BCUT2D eigenvalue weighted by Crippen LogP contribution is 2.15. The fourth-order valence-corrected chi connectivity index (χ4v) is 0.908. The Kier molecular flexibility index (Phi) is 3.45. The molecule has 0 bridgehead atoms. The highest BCUT2D eigenvalue weighted by Gasteiger charge is 2.02. The third-order valence-corrected chi connectivity index (χ3v) is 1.81. The van der Waals surface area contributed by atoms with Gasteiger partial charge in [-0.15, -0.1) is 0 Å². The molecule has 0 radical (unpaired) electrons. The molecule has 0 unspecified atom stereocenters. The van der Waals surface area contributed by atoms with Gasteiger partial charge in [0.25, 0.3) is 0 Å². The Labute approximate surface area is 82.5 Å². The van der Waals surface area contributed by atoms with E-state index in [1.54, 1.807) is 26.1 Å². The smallest absolute Gasteiger partial charge is 0.305 e. The summed E-state index contributed by atoms with van der Waals surface area (Å²) in [5.74, 6) is -0.139. The number of aromatic nitrogens is 1. The molecule has 0 aliphatic carbocycles. The molecule has 0 spiro atoms. The number of hydrogen-bond donors (Lipinski definition) is 1. The van der Waals surface area contributed by atoms with E-state index < -0.39 is 0 Å². The quantitative estimate of drug-likeness (QED) is 0.743. The van der Waals surface area contributed by atoms with Crippen LogP contribution in [0, 0.1) is 6.92 Å². The fourth-order valence-electron chi connectivity index (χ4n) is 0.908. The van der Waals surface area contributed by atoms with Crippen LogP contribution < -0.4 is 0 Å². The summed E-state index contributed by atoms with van der Waals surface area (Å²) in [4.78, 5) is 14.8. The molecule has 1 rings (SSSR count). The third kappa shape index (κ3) is 2.73. The van der Waals surface area contributed by atoms with Crippen molar-refractivity contribution in [2.75, 3.05) is 0 Å². The Hall–Kier alpha value is -1.58. The standard InChI is InChI=1S/C10H13NO3/c1-3-10(13)14-6-8-4-9(12)7(2)11-5-8/h4-5,12H,3,6H2,1-2H3. The van der Waals surface area contributed by atoms with E-state index in [4.69, 9.17) is 4.74 Å². The molecule has 0 amide bonds. The third-order valence-electron chi connectivity index (χ3n) is 1.81. The zero-order chi connectivity index (χ0) is 10.6. The first-order chi connectivity index (χ1) is 6.63. The summed E-state index contributed by atoms with van der Waals surface area (Å²) in [6, 6.07) is 1.55. The van der Waals surface area contributed by atoms with E-state index in [0.29, 0.717) is 17.7 Å². The molecule has 1 aromatic rings. The lowest BCUT2D eigenvalue weighted by Gasteiger charge is -2.04. The van der Waals surface area contributed by atoms with Crippen molar-refractivity contribution in [2.45, 2.75) is 26.9 Å². The summed E-state index contributed by atoms with van der Waals surface area (Å²) in [6.07, 6.45) is 1.93. The molecule has 4 heteroatoms. The number of pyridine rings is 1. The Morgan fingerprint density at radius 2 is 2.36 bits per heavy atom. The number of nitrogens with zero attached hydrogens (tertiary/aromatic N) is 1. The number of hydrogen-bond acceptors (Lipinski definition) is 4. The van der Waals surface area contributed by atoms with E-state index in [0.717, 1.165) is 0 Å². The lowest BCUT2D eigenvalue weighted by atomic mass is 10.2. The number of ether oxygens (including phenoxy) is 1. The van der Waals surface area contributed by atoms with Crippen molar-refractivity contribution < 1.29 is 14.6 Å². The minimum atomic E-state index is -0.259. The van der Waals surface area contributed by atoms with Crippen LogP contribution in [0.25, 0.3) is 0 Å². The Morgan fingerprint density at radius 3 is 2.93 bits per heavy atom. The van der Waals surface area contributed by atoms with E-state index in [9.17, 15) is 9.90 Å². The zero-order valence-electron chi connectivity index (χ0n) is 8.28. The normalized spacial score (nSPS) is 9.86. The molecular weight excluding hydrogens is 182 g/mol. The van der Waals surface area contributed by atoms with Gasteiger partial charge in [0.1, 0.15) is 12.4 Å². The van der Waals surface area contributed by atoms with Crippen molar-refractivity contribution in [3.8, 4) is 5.75 Å². The average molecular weight is 195 g/mol. The molecule has 0 aliphatic heterocycles. The maximum atomic E-state index is 10.8. The predicted molar refractivity (Wildman–Crippen MR) is 50.7 cm³/mol. The Balaban J connectivity index is 2.60. The lowest BCUT2D eigenvalue weighted by molar-refractivity contribution is -0.144. The Bertz CT molecular complexity index is 336. The minimum Gasteiger partial charge on any atom is -0.506 e. The molecule has 1 heterocycles. The molecule has 0 fully saturated rings. The highest BCUT2D eigenvalue weighted by atomic mass is 16.5. The van der Waals surface area contributed by atoms with E-state index >= 15 is 0 Å². The van der Waals surface area contributed by atoms with E-state index in [1.807, 2.05) is 0 Å². The fraction of sp³-hybridized carbons (Fsp3) is 0.400. The summed E-state index contributed by atoms with van der Waals surface area (Å²) in [5.41, 5.74) is 1.26. The number of rotatable bonds is 3. The van der Waals surface area contributed by atoms with Gasteiger partial charge in [0.2, 0.25) is 0 Å². The Morgan fingerprint density at radius 1 is 1.64 bits per heavy atom. The predicted octanol–water partition coefficient (Wildman–Crippen LogP) is 1.55. The van der Waals surface area contributed by atoms with Gasteiger partial charge >= 0.3 is 5.97 Å². The average Bonchev–Trinajstić information content (AvgIpc) is 2.19. The summed E-state index contributed by atoms with van der Waals surface area (Å²) in [5, 5.41) is 9.32. The first-order valence-corrected chi connectivity index (χ1v) is 4.43. The van der Waals surface area contributed by atoms with Crippen LogP contribution in [0.1, 0.15) is 24.6 Å². The summed E-state index contributed by atoms with van der Waals surface area (Å²) < 4.78 is 4.88. The second kappa shape index (κ2) is 4.60. The number of esters is 1. The first kappa shape index (κ1) is 10.5. The summed E-state index contributed by atoms with van der Waals surface area (Å²) in [7, 11) is 0. The van der Waals surface area contributed by atoms with Gasteiger partial charge in [-0.2, -0.15) is 0 Å². The van der Waals surface area contributed by atoms with Crippen LogP contribution in [0.2, 0.25) is 0 Å². The molecule has 0 aliphatic rings. The number of carbonyl (C=O) groups excluding carboxylic acids is 1. The van der Waals surface area contributed by atoms with E-state index in [1.165, 1.54) is 0 Å². The number of aryl methyl sites for hydroxylation is 1. The van der Waals surface area contributed by atoms with Crippen LogP contribution in [-0.4, -0.2) is 16.1 Å². The van der Waals surface area contributed by atoms with E-state index in [2.05, 4.69) is 4.98 Å². The van der Waals surface area contributed by atoms with Crippen LogP contribution >= 0.6 is 0 Å². The molecule has 0 saturated heterocycles. The molecule has 4 nitrogen and oxygen atoms in total. The first-order valence-electron chi connectivity index (χ1n) is 4.43. The minimum absolute atomic E-state index is 0.120. The van der Waals surface area contributed by atoms with Gasteiger partial charge in [-0.1, -0.05) is 6.92 Å². The van der Waals surface area contributed by atoms with Gasteiger partial charge in [-0.3, -0.25) is 9.78 Å². The number of aromatic hydroxyl groups is 1. The lowest BCUT2D eigenvalue weighted by Crippen LogP contribution is -2.02. The molecule has 0 aromatic carbocycles. The molecule has 14 heavy (non-hydrogen) atoms. The molecule has 0 atom stereocenters. The van der Waals surface area contributed by atoms with Gasteiger partial charge in [0.05, 0.1) is 5.69 Å². The van der Waals surface area contributed by atoms with Crippen LogP contribution in [0.4, 0.5) is 0 Å². The van der Waals surface area contributed by atoms with Crippen molar-refractivity contribution in [2.24, 2.45) is 0 Å². The molecule has 0 saturated carbocycles. The van der Waals surface area contributed by atoms with Gasteiger partial charge in [-0.25, -0.2) is 0 Å². The maximum absolute atomic E-state index is 10.8. The largest absolute Gasteiger partial charge is 0.506 e. The van der Waals surface area contributed by atoms with Crippen molar-refractivity contribution in [1.29, 1.82) is 0 Å². The number of carbonyl (C=O) groups is 1. The van der Waals surface area contributed by atoms with Gasteiger partial charge in [0.15, 0.2) is 0 Å². The van der Waals surface area contributed by atoms with Crippen molar-refractivity contribution in [1.82, 2.24) is 4.98 Å². The highest BCUT2D eigenvalue weighted by molar-refractivity contribution is 5.68. The molecule has 1 aromatic heterocycles. The molecule has 76 valence electrons. The van der Waals surface area contributed by atoms with E-state index in [-0.39, 0.29) is 18.3 Å². The van der Waals surface area contributed by atoms with Crippen molar-refractivity contribution in [3.05, 3.63) is 23.5 Å². The van der Waals surface area contributed by atoms with Crippen LogP contribution in [0.3, 0.4) is 0 Å². The van der Waals surface area contributed by atoms with Gasteiger partial charge in [-0.05, 0) is 13.0 Å². The zero-order valence-corrected chi connectivity index (χ0v) is 8.28. The van der Waals surface area contributed by atoms with Gasteiger partial charge < -0.3 is 9.84 Å². The maximum Gasteiger partial charge on any atom is 0.305 e. The van der Waals surface area contributed by atoms with Gasteiger partial charge in [0, 0.05) is 18.2 Å². The molecular formula is C10H13NO3. The molecule has 1 N–H and O–H groups in total. The summed E-state index contributed by atoms with van der Waals surface area (Å²) >= 11 is 0. The SMILES string of the molecule is CCC(=O)OCc1cnc(C)c(O)c1. The van der Waals surface area contributed by atoms with Crippen LogP contribution in [-0.2, 0) is 16.1 Å². The van der Waals surface area contributed by atoms with Crippen molar-refractivity contribution >= 4 is 5.97 Å². The second-order valence-corrected chi connectivity index (χ2v) is 2.96. The van der Waals surface area contributed by atoms with Crippen LogP contribution in [0.5, 0.6) is 5.75 Å².